The molecule has 4 rings (SSSR count). The minimum atomic E-state index is -0.463. The van der Waals surface area contributed by atoms with Gasteiger partial charge < -0.3 is 24.9 Å². The molecule has 1 aliphatic heterocycles. The molecule has 1 aliphatic rings. The van der Waals surface area contributed by atoms with E-state index in [2.05, 4.69) is 27.4 Å². The van der Waals surface area contributed by atoms with Crippen LogP contribution in [0.5, 0.6) is 17.2 Å². The second kappa shape index (κ2) is 12.4. The molecule has 0 atom stereocenters. The highest BCUT2D eigenvalue weighted by atomic mass is 16.5. The lowest BCUT2D eigenvalue weighted by Crippen LogP contribution is -2.26. The largest absolute Gasteiger partial charge is 0.506 e. The normalized spacial score (nSPS) is 12.6. The van der Waals surface area contributed by atoms with Crippen LogP contribution in [-0.4, -0.2) is 41.6 Å². The Balaban J connectivity index is 1.61. The molecule has 0 fully saturated rings. The Kier molecular flexibility index (Phi) is 8.81. The molecule has 9 heteroatoms. The summed E-state index contributed by atoms with van der Waals surface area (Å²) in [6.45, 7) is 4.46. The van der Waals surface area contributed by atoms with Crippen molar-refractivity contribution >= 4 is 17.3 Å². The number of benzene rings is 2. The lowest BCUT2D eigenvalue weighted by molar-refractivity contribution is -0.120. The van der Waals surface area contributed by atoms with Crippen LogP contribution < -0.4 is 20.3 Å². The van der Waals surface area contributed by atoms with Crippen molar-refractivity contribution in [3.63, 3.8) is 0 Å². The fourth-order valence-electron chi connectivity index (χ4n) is 4.69. The Hall–Kier alpha value is -4.40. The van der Waals surface area contributed by atoms with Gasteiger partial charge in [-0.25, -0.2) is 0 Å². The van der Waals surface area contributed by atoms with Crippen molar-refractivity contribution in [3.05, 3.63) is 75.2 Å². The van der Waals surface area contributed by atoms with Gasteiger partial charge in [0.1, 0.15) is 22.8 Å². The number of methoxy groups -OCH3 is 2. The van der Waals surface area contributed by atoms with E-state index in [9.17, 15) is 14.7 Å². The molecular formula is C30H34N4O5. The lowest BCUT2D eigenvalue weighted by Gasteiger charge is -2.19. The number of aryl methyl sites for hydroxylation is 2. The fourth-order valence-corrected chi connectivity index (χ4v) is 4.69. The number of amides is 1. The maximum Gasteiger partial charge on any atom is 0.261 e. The number of hydrogen-bond acceptors (Lipinski definition) is 7. The number of unbranched alkanes of at least 4 members (excludes halogenated alkanes) is 1. The quantitative estimate of drug-likeness (QED) is 0.332. The molecule has 0 aliphatic carbocycles. The SMILES string of the molecule is CCCCc1[nH]c(=O)c(C2=NN=C(CC(=O)NCc3ccccc3C)C2)c(O)c1-c1c(OC)cccc1OC. The van der Waals surface area contributed by atoms with Crippen LogP contribution in [0.25, 0.3) is 11.1 Å². The molecule has 3 N–H and O–H groups in total. The molecule has 1 amide bonds. The second-order valence-corrected chi connectivity index (χ2v) is 9.44. The first kappa shape index (κ1) is 27.6. The molecule has 2 heterocycles. The lowest BCUT2D eigenvalue weighted by atomic mass is 9.93. The van der Waals surface area contributed by atoms with Gasteiger partial charge in [0.2, 0.25) is 5.91 Å². The van der Waals surface area contributed by atoms with Gasteiger partial charge in [-0.2, -0.15) is 10.2 Å². The van der Waals surface area contributed by atoms with E-state index in [0.29, 0.717) is 52.7 Å². The number of carbonyl (C=O) groups excluding carboxylic acids is 1. The number of aromatic hydroxyl groups is 1. The van der Waals surface area contributed by atoms with Crippen molar-refractivity contribution in [2.24, 2.45) is 10.2 Å². The molecule has 39 heavy (non-hydrogen) atoms. The predicted octanol–water partition coefficient (Wildman–Crippen LogP) is 4.67. The summed E-state index contributed by atoms with van der Waals surface area (Å²) in [6, 6.07) is 13.2. The zero-order valence-electron chi connectivity index (χ0n) is 22.8. The molecule has 1 aromatic heterocycles. The van der Waals surface area contributed by atoms with Gasteiger partial charge in [0, 0.05) is 18.7 Å². The van der Waals surface area contributed by atoms with Crippen LogP contribution in [0.2, 0.25) is 0 Å². The van der Waals surface area contributed by atoms with Crippen molar-refractivity contribution < 1.29 is 19.4 Å². The molecule has 2 aromatic carbocycles. The predicted molar refractivity (Wildman–Crippen MR) is 152 cm³/mol. The topological polar surface area (TPSA) is 125 Å². The van der Waals surface area contributed by atoms with E-state index in [1.165, 1.54) is 0 Å². The maximum atomic E-state index is 13.2. The van der Waals surface area contributed by atoms with Gasteiger partial charge in [-0.1, -0.05) is 43.7 Å². The Morgan fingerprint density at radius 2 is 1.74 bits per heavy atom. The fraction of sp³-hybridized carbons (Fsp3) is 0.333. The Morgan fingerprint density at radius 3 is 2.41 bits per heavy atom. The summed E-state index contributed by atoms with van der Waals surface area (Å²) in [6.07, 6.45) is 2.48. The molecule has 9 nitrogen and oxygen atoms in total. The van der Waals surface area contributed by atoms with Crippen LogP contribution in [0.1, 0.15) is 55.0 Å². The maximum absolute atomic E-state index is 13.2. The highest BCUT2D eigenvalue weighted by Gasteiger charge is 2.28. The van der Waals surface area contributed by atoms with Gasteiger partial charge in [-0.05, 0) is 43.0 Å². The number of aromatic amines is 1. The standard InChI is InChI=1S/C30H34N4O5/c1-5-6-12-21-26(28-23(38-3)13-9-14-24(28)39-4)29(36)27(30(37)32-21)22-15-20(33-34-22)16-25(35)31-17-19-11-8-7-10-18(19)2/h7-11,13-14H,5-6,12,15-17H2,1-4H3,(H,31,35)(H2,32,36,37). The average Bonchev–Trinajstić information content (AvgIpc) is 3.38. The highest BCUT2D eigenvalue weighted by molar-refractivity contribution is 6.19. The zero-order chi connectivity index (χ0) is 27.9. The van der Waals surface area contributed by atoms with Crippen LogP contribution in [0.15, 0.2) is 57.5 Å². The van der Waals surface area contributed by atoms with Crippen molar-refractivity contribution in [1.29, 1.82) is 0 Å². The Labute approximate surface area is 227 Å². The first-order valence-corrected chi connectivity index (χ1v) is 13.0. The molecule has 204 valence electrons. The van der Waals surface area contributed by atoms with Crippen LogP contribution in [0.3, 0.4) is 0 Å². The number of H-pyrrole nitrogens is 1. The second-order valence-electron chi connectivity index (χ2n) is 9.44. The van der Waals surface area contributed by atoms with Crippen molar-refractivity contribution in [1.82, 2.24) is 10.3 Å². The minimum Gasteiger partial charge on any atom is -0.506 e. The van der Waals surface area contributed by atoms with E-state index in [4.69, 9.17) is 9.47 Å². The summed E-state index contributed by atoms with van der Waals surface area (Å²) >= 11 is 0. The Bertz CT molecular complexity index is 1470. The summed E-state index contributed by atoms with van der Waals surface area (Å²) in [5.74, 6) is 0.583. The number of carbonyl (C=O) groups is 1. The van der Waals surface area contributed by atoms with Gasteiger partial charge in [0.15, 0.2) is 0 Å². The monoisotopic (exact) mass is 530 g/mol. The van der Waals surface area contributed by atoms with E-state index >= 15 is 0 Å². The summed E-state index contributed by atoms with van der Waals surface area (Å²) in [5.41, 5.74) is 4.06. The first-order chi connectivity index (χ1) is 18.9. The number of nitrogens with one attached hydrogen (secondary N) is 2. The van der Waals surface area contributed by atoms with Crippen LogP contribution in [0.4, 0.5) is 0 Å². The molecule has 0 unspecified atom stereocenters. The minimum absolute atomic E-state index is 0.0253. The molecule has 3 aromatic rings. The molecule has 0 bridgehead atoms. The number of ether oxygens (including phenoxy) is 2. The van der Waals surface area contributed by atoms with Gasteiger partial charge in [0.05, 0.1) is 43.2 Å². The average molecular weight is 531 g/mol. The number of aromatic nitrogens is 1. The molecule has 0 spiro atoms. The van der Waals surface area contributed by atoms with Crippen molar-refractivity contribution in [2.45, 2.75) is 52.5 Å². The summed E-state index contributed by atoms with van der Waals surface area (Å²) < 4.78 is 11.2. The third-order valence-corrected chi connectivity index (χ3v) is 6.80. The molecule has 0 saturated carbocycles. The smallest absolute Gasteiger partial charge is 0.261 e. The van der Waals surface area contributed by atoms with Crippen molar-refractivity contribution in [3.8, 4) is 28.4 Å². The third kappa shape index (κ3) is 6.03. The molecular weight excluding hydrogens is 496 g/mol. The highest BCUT2D eigenvalue weighted by Crippen LogP contribution is 2.45. The van der Waals surface area contributed by atoms with Crippen LogP contribution in [0, 0.1) is 6.92 Å². The zero-order valence-corrected chi connectivity index (χ0v) is 22.8. The molecule has 0 saturated heterocycles. The van der Waals surface area contributed by atoms with Crippen LogP contribution in [-0.2, 0) is 17.8 Å². The van der Waals surface area contributed by atoms with Gasteiger partial charge in [-0.3, -0.25) is 9.59 Å². The van der Waals surface area contributed by atoms with Gasteiger partial charge in [-0.15, -0.1) is 0 Å². The summed E-state index contributed by atoms with van der Waals surface area (Å²) in [5, 5.41) is 22.8. The molecule has 0 radical (unpaired) electrons. The number of rotatable bonds is 11. The third-order valence-electron chi connectivity index (χ3n) is 6.80. The van der Waals surface area contributed by atoms with E-state index in [-0.39, 0.29) is 30.1 Å². The number of pyridine rings is 1. The van der Waals surface area contributed by atoms with E-state index in [1.54, 1.807) is 32.4 Å². The van der Waals surface area contributed by atoms with Crippen LogP contribution >= 0.6 is 0 Å². The summed E-state index contributed by atoms with van der Waals surface area (Å²) in [4.78, 5) is 28.8. The van der Waals surface area contributed by atoms with E-state index < -0.39 is 5.56 Å². The van der Waals surface area contributed by atoms with E-state index in [0.717, 1.165) is 24.0 Å². The Morgan fingerprint density at radius 1 is 1.03 bits per heavy atom. The first-order valence-electron chi connectivity index (χ1n) is 13.0. The van der Waals surface area contributed by atoms with Crippen molar-refractivity contribution in [2.75, 3.05) is 14.2 Å². The van der Waals surface area contributed by atoms with E-state index in [1.807, 2.05) is 31.2 Å². The number of hydrogen-bond donors (Lipinski definition) is 3. The number of nitrogens with zero attached hydrogens (tertiary/aromatic N) is 2. The van der Waals surface area contributed by atoms with Gasteiger partial charge in [0.25, 0.3) is 5.56 Å². The van der Waals surface area contributed by atoms with Gasteiger partial charge >= 0.3 is 0 Å². The summed E-state index contributed by atoms with van der Waals surface area (Å²) in [7, 11) is 3.08.